The van der Waals surface area contributed by atoms with Crippen LogP contribution in [0.15, 0.2) is 96.6 Å². The molecule has 0 aliphatic heterocycles. The molecular formula is C33H36F5KO-2. The Bertz CT molecular complexity index is 1120. The summed E-state index contributed by atoms with van der Waals surface area (Å²) < 4.78 is 61.2. The summed E-state index contributed by atoms with van der Waals surface area (Å²) in [5, 5.41) is 0. The SMILES string of the molecule is C=CC.CC(c1ccc(F)cc1)c1ccc(F)cc1.[CH2-]C/C(C)=C(\[CH2-])C(C)=O.[CH2-]c1ccc(C(F)(F)F)cc1.[K+]. The molecule has 3 aromatic rings. The molecule has 0 fully saturated rings. The fraction of sp³-hybridized carbons (Fsp3) is 0.212. The van der Waals surface area contributed by atoms with Crippen molar-refractivity contribution in [2.75, 3.05) is 0 Å². The number of alkyl halides is 3. The van der Waals surface area contributed by atoms with E-state index in [9.17, 15) is 26.7 Å². The Hall–Kier alpha value is -2.16. The second kappa shape index (κ2) is 20.7. The number of ketones is 1. The van der Waals surface area contributed by atoms with Gasteiger partial charge in [0.1, 0.15) is 11.6 Å². The van der Waals surface area contributed by atoms with Gasteiger partial charge in [-0.2, -0.15) is 55.9 Å². The number of halogens is 5. The molecule has 1 nitrogen and oxygen atoms in total. The van der Waals surface area contributed by atoms with Gasteiger partial charge in [0.05, 0.1) is 0 Å². The van der Waals surface area contributed by atoms with E-state index in [0.717, 1.165) is 28.8 Å². The molecule has 0 atom stereocenters. The summed E-state index contributed by atoms with van der Waals surface area (Å²) in [4.78, 5) is 10.6. The predicted molar refractivity (Wildman–Crippen MR) is 151 cm³/mol. The van der Waals surface area contributed by atoms with Gasteiger partial charge < -0.3 is 11.7 Å². The molecule has 7 heteroatoms. The first-order valence-corrected chi connectivity index (χ1v) is 12.1. The third kappa shape index (κ3) is 16.2. The molecular weight excluding hydrogens is 546 g/mol. The summed E-state index contributed by atoms with van der Waals surface area (Å²) in [6.45, 7) is 21.4. The number of benzene rings is 3. The molecule has 0 heterocycles. The van der Waals surface area contributed by atoms with Crippen LogP contribution in [-0.2, 0) is 11.0 Å². The monoisotopic (exact) mass is 582 g/mol. The van der Waals surface area contributed by atoms with Crippen LogP contribution in [0.5, 0.6) is 0 Å². The maximum atomic E-state index is 12.8. The number of rotatable bonds is 4. The second-order valence-corrected chi connectivity index (χ2v) is 8.49. The molecule has 0 saturated heterocycles. The molecule has 0 aliphatic rings. The molecule has 3 rings (SSSR count). The number of hydrogen-bond acceptors (Lipinski definition) is 1. The Morgan fingerprint density at radius 3 is 1.48 bits per heavy atom. The van der Waals surface area contributed by atoms with E-state index >= 15 is 0 Å². The molecule has 0 aliphatic carbocycles. The van der Waals surface area contributed by atoms with Crippen LogP contribution in [-0.4, -0.2) is 5.78 Å². The Morgan fingerprint density at radius 2 is 1.23 bits per heavy atom. The van der Waals surface area contributed by atoms with E-state index in [1.54, 1.807) is 30.3 Å². The van der Waals surface area contributed by atoms with Gasteiger partial charge in [0.15, 0.2) is 0 Å². The first-order chi connectivity index (χ1) is 18.2. The summed E-state index contributed by atoms with van der Waals surface area (Å²) >= 11 is 0. The zero-order valence-corrected chi connectivity index (χ0v) is 27.0. The van der Waals surface area contributed by atoms with Crippen LogP contribution in [0.3, 0.4) is 0 Å². The van der Waals surface area contributed by atoms with E-state index < -0.39 is 11.7 Å². The Balaban J connectivity index is 0. The van der Waals surface area contributed by atoms with Gasteiger partial charge in [0, 0.05) is 17.3 Å². The van der Waals surface area contributed by atoms with Gasteiger partial charge in [-0.05, 0) is 49.2 Å². The minimum atomic E-state index is -4.24. The van der Waals surface area contributed by atoms with E-state index in [2.05, 4.69) is 27.4 Å². The fourth-order valence-corrected chi connectivity index (χ4v) is 2.84. The van der Waals surface area contributed by atoms with Crippen molar-refractivity contribution in [1.29, 1.82) is 0 Å². The van der Waals surface area contributed by atoms with Crippen LogP contribution < -0.4 is 51.4 Å². The van der Waals surface area contributed by atoms with Crippen LogP contribution in [0.1, 0.15) is 62.3 Å². The minimum Gasteiger partial charge on any atom is -0.371 e. The average Bonchev–Trinajstić information content (AvgIpc) is 2.89. The van der Waals surface area contributed by atoms with E-state index in [1.165, 1.54) is 43.3 Å². The molecule has 0 saturated carbocycles. The maximum absolute atomic E-state index is 12.8. The third-order valence-electron chi connectivity index (χ3n) is 5.34. The average molecular weight is 583 g/mol. The third-order valence-corrected chi connectivity index (χ3v) is 5.34. The molecule has 0 amide bonds. The molecule has 3 aromatic carbocycles. The van der Waals surface area contributed by atoms with Crippen molar-refractivity contribution < 1.29 is 78.1 Å². The Labute approximate surface area is 279 Å². The molecule has 40 heavy (non-hydrogen) atoms. The van der Waals surface area contributed by atoms with Crippen molar-refractivity contribution in [3.05, 3.63) is 151 Å². The molecule has 0 N–H and O–H groups in total. The number of Topliss-reactive ketones (excluding diaryl/α,β-unsaturated/α-hetero) is 1. The van der Waals surface area contributed by atoms with Gasteiger partial charge in [0.25, 0.3) is 0 Å². The number of carbonyl (C=O) groups is 1. The first-order valence-electron chi connectivity index (χ1n) is 12.1. The van der Waals surface area contributed by atoms with Crippen molar-refractivity contribution in [2.45, 2.75) is 46.2 Å². The fourth-order valence-electron chi connectivity index (χ4n) is 2.84. The maximum Gasteiger partial charge on any atom is 1.00 e. The second-order valence-electron chi connectivity index (χ2n) is 8.49. The molecule has 0 aromatic heterocycles. The van der Waals surface area contributed by atoms with Gasteiger partial charge in [-0.25, -0.2) is 15.2 Å². The molecule has 0 spiro atoms. The van der Waals surface area contributed by atoms with Gasteiger partial charge >= 0.3 is 57.6 Å². The first kappa shape index (κ1) is 40.0. The summed E-state index contributed by atoms with van der Waals surface area (Å²) in [5.74, 6) is -0.303. The van der Waals surface area contributed by atoms with Crippen molar-refractivity contribution in [3.63, 3.8) is 0 Å². The van der Waals surface area contributed by atoms with Crippen LogP contribution in [0.4, 0.5) is 22.0 Å². The summed E-state index contributed by atoms with van der Waals surface area (Å²) in [6, 6.07) is 17.5. The van der Waals surface area contributed by atoms with Crippen molar-refractivity contribution in [1.82, 2.24) is 0 Å². The number of hydrogen-bond donors (Lipinski definition) is 0. The zero-order chi connectivity index (χ0) is 30.2. The van der Waals surface area contributed by atoms with Gasteiger partial charge in [-0.1, -0.05) is 44.2 Å². The van der Waals surface area contributed by atoms with E-state index in [-0.39, 0.29) is 74.7 Å². The minimum absolute atomic E-state index is 0. The zero-order valence-electron chi connectivity index (χ0n) is 23.9. The largest absolute Gasteiger partial charge is 1.00 e. The smallest absolute Gasteiger partial charge is 0.371 e. The summed E-state index contributed by atoms with van der Waals surface area (Å²) in [6.07, 6.45) is -1.83. The van der Waals surface area contributed by atoms with Crippen LogP contribution >= 0.6 is 0 Å². The standard InChI is InChI=1S/C14H12F2.C8H6F3.C8H12O.C3H6.K/c1-10(11-2-6-13(15)7-3-11)12-4-8-14(16)9-5-12;1-6-2-4-7(5-3-6)8(9,10)11;1-5-6(2)7(3)8(4)9;1-3-2;/h2-10H,1H3;2-5H,1H2;1,3,5H2,2,4H3;3H,1H2,2H3;/q;-1;-2;;+1/b;;7-6+;;. The van der Waals surface area contributed by atoms with E-state index in [4.69, 9.17) is 0 Å². The molecule has 0 unspecified atom stereocenters. The van der Waals surface area contributed by atoms with Crippen molar-refractivity contribution in [3.8, 4) is 0 Å². The Morgan fingerprint density at radius 1 is 0.875 bits per heavy atom. The predicted octanol–water partition coefficient (Wildman–Crippen LogP) is 7.15. The van der Waals surface area contributed by atoms with Crippen LogP contribution in [0, 0.1) is 32.4 Å². The van der Waals surface area contributed by atoms with Crippen LogP contribution in [0.25, 0.3) is 0 Å². The van der Waals surface area contributed by atoms with Crippen molar-refractivity contribution >= 4 is 5.78 Å². The Kier molecular flexibility index (Phi) is 20.7. The normalized spacial score (nSPS) is 10.7. The van der Waals surface area contributed by atoms with Crippen LogP contribution in [0.2, 0.25) is 0 Å². The topological polar surface area (TPSA) is 17.1 Å². The van der Waals surface area contributed by atoms with Gasteiger partial charge in [0.2, 0.25) is 0 Å². The molecule has 0 bridgehead atoms. The number of carbonyl (C=O) groups excluding carboxylic acids is 1. The summed E-state index contributed by atoms with van der Waals surface area (Å²) in [5.41, 5.74) is 3.57. The number of allylic oxidation sites excluding steroid dienone is 3. The summed E-state index contributed by atoms with van der Waals surface area (Å²) in [7, 11) is 0. The van der Waals surface area contributed by atoms with Gasteiger partial charge in [-0.15, -0.1) is 18.7 Å². The van der Waals surface area contributed by atoms with E-state index in [0.29, 0.717) is 17.6 Å². The van der Waals surface area contributed by atoms with E-state index in [1.807, 2.05) is 20.8 Å². The van der Waals surface area contributed by atoms with Gasteiger partial charge in [-0.3, -0.25) is 0 Å². The molecule has 0 radical (unpaired) electrons. The van der Waals surface area contributed by atoms with Crippen molar-refractivity contribution in [2.24, 2.45) is 0 Å². The quantitative estimate of drug-likeness (QED) is 0.105. The molecule has 212 valence electrons.